The standard InChI is InChI=1S/CH9P3Si/c1-5(2,3)4/h2-4H2,1H3. The maximum absolute atomic E-state index is 2.78. The van der Waals surface area contributed by atoms with Crippen LogP contribution in [0.1, 0.15) is 0 Å². The molecule has 0 aliphatic rings. The Bertz CT molecular complexity index is 22.4. The van der Waals surface area contributed by atoms with Crippen LogP contribution in [0, 0.1) is 0 Å². The number of hydrogen-bond donors (Lipinski definition) is 0. The van der Waals surface area contributed by atoms with Gasteiger partial charge < -0.3 is 0 Å². The summed E-state index contributed by atoms with van der Waals surface area (Å²) in [7, 11) is 7.48. The van der Waals surface area contributed by atoms with Crippen molar-refractivity contribution in [1.29, 1.82) is 0 Å². The fourth-order valence-corrected chi connectivity index (χ4v) is 0. The summed E-state index contributed by atoms with van der Waals surface area (Å²) in [6.45, 7) is 2.22. The highest BCUT2D eigenvalue weighted by molar-refractivity contribution is 8.23. The molecule has 0 spiro atoms. The number of hydrogen-bond acceptors (Lipinski definition) is 0. The predicted octanol–water partition coefficient (Wildman–Crippen LogP) is 1.18. The van der Waals surface area contributed by atoms with Gasteiger partial charge in [-0.2, -0.15) is 0 Å². The van der Waals surface area contributed by atoms with E-state index < -0.39 is 7.08 Å². The van der Waals surface area contributed by atoms with Crippen molar-refractivity contribution in [3.8, 4) is 0 Å². The first kappa shape index (κ1) is 6.51. The summed E-state index contributed by atoms with van der Waals surface area (Å²) in [6.07, 6.45) is 0. The van der Waals surface area contributed by atoms with Crippen LogP contribution < -0.4 is 0 Å². The van der Waals surface area contributed by atoms with Crippen molar-refractivity contribution in [2.75, 3.05) is 0 Å². The van der Waals surface area contributed by atoms with E-state index in [4.69, 9.17) is 0 Å². The van der Waals surface area contributed by atoms with Crippen LogP contribution >= 0.6 is 26.4 Å². The lowest BCUT2D eigenvalue weighted by Gasteiger charge is -2.01. The van der Waals surface area contributed by atoms with Crippen molar-refractivity contribution < 1.29 is 0 Å². The third kappa shape index (κ3) is 29.8. The van der Waals surface area contributed by atoms with Gasteiger partial charge in [0.05, 0.1) is 0 Å². The van der Waals surface area contributed by atoms with Crippen LogP contribution in [0.3, 0.4) is 0 Å². The van der Waals surface area contributed by atoms with Crippen molar-refractivity contribution in [3.63, 3.8) is 0 Å². The Morgan fingerprint density at radius 3 is 1.20 bits per heavy atom. The van der Waals surface area contributed by atoms with Gasteiger partial charge in [0.1, 0.15) is 7.08 Å². The average molecular weight is 142 g/mol. The molecule has 0 aromatic heterocycles. The summed E-state index contributed by atoms with van der Waals surface area (Å²) in [5.74, 6) is 0. The van der Waals surface area contributed by atoms with Crippen molar-refractivity contribution in [2.45, 2.75) is 6.55 Å². The minimum absolute atomic E-state index is 0.861. The largest absolute Gasteiger partial charge is 0.141 e. The highest BCUT2D eigenvalue weighted by Crippen LogP contribution is 2.26. The number of rotatable bonds is 0. The summed E-state index contributed by atoms with van der Waals surface area (Å²) in [4.78, 5) is 0. The SMILES string of the molecule is C[Si](P)(P)P. The van der Waals surface area contributed by atoms with Gasteiger partial charge in [0.2, 0.25) is 0 Å². The smallest absolute Gasteiger partial charge is 0.112 e. The molecule has 0 saturated heterocycles. The van der Waals surface area contributed by atoms with Gasteiger partial charge in [-0.1, -0.05) is 6.55 Å². The van der Waals surface area contributed by atoms with Gasteiger partial charge in [-0.3, -0.25) is 0 Å². The van der Waals surface area contributed by atoms with Crippen LogP contribution in [0.25, 0.3) is 0 Å². The molecule has 5 heavy (non-hydrogen) atoms. The fraction of sp³-hybridized carbons (Fsp3) is 1.00. The summed E-state index contributed by atoms with van der Waals surface area (Å²) < 4.78 is 0. The highest BCUT2D eigenvalue weighted by atomic mass is 31.8. The van der Waals surface area contributed by atoms with E-state index in [9.17, 15) is 0 Å². The van der Waals surface area contributed by atoms with Crippen molar-refractivity contribution >= 4 is 33.4 Å². The van der Waals surface area contributed by atoms with Gasteiger partial charge in [-0.05, 0) is 0 Å². The third-order valence-electron chi connectivity index (χ3n) is 0. The molecule has 0 aliphatic heterocycles. The van der Waals surface area contributed by atoms with E-state index in [1.54, 1.807) is 0 Å². The van der Waals surface area contributed by atoms with Crippen LogP contribution in [-0.2, 0) is 0 Å². The van der Waals surface area contributed by atoms with Crippen LogP contribution in [0.4, 0.5) is 0 Å². The first-order chi connectivity index (χ1) is 2.00. The minimum Gasteiger partial charge on any atom is -0.141 e. The second-order valence-corrected chi connectivity index (χ2v) is 21.3. The van der Waals surface area contributed by atoms with Crippen LogP contribution in [0.15, 0.2) is 0 Å². The van der Waals surface area contributed by atoms with E-state index in [-0.39, 0.29) is 0 Å². The molecule has 0 amide bonds. The minimum atomic E-state index is -0.861. The van der Waals surface area contributed by atoms with Crippen LogP contribution in [0.5, 0.6) is 0 Å². The van der Waals surface area contributed by atoms with Crippen molar-refractivity contribution in [2.24, 2.45) is 0 Å². The average Bonchev–Trinajstić information content (AvgIpc) is 0.722. The second-order valence-electron chi connectivity index (χ2n) is 1.37. The van der Waals surface area contributed by atoms with E-state index in [0.717, 1.165) is 0 Å². The normalized spacial score (nSPS) is 12.0. The van der Waals surface area contributed by atoms with Crippen molar-refractivity contribution in [1.82, 2.24) is 0 Å². The Kier molecular flexibility index (Phi) is 2.58. The first-order valence-corrected chi connectivity index (χ1v) is 9.29. The first-order valence-electron chi connectivity index (χ1n) is 1.37. The Balaban J connectivity index is 3.02. The highest BCUT2D eigenvalue weighted by Gasteiger charge is 2.00. The second kappa shape index (κ2) is 1.98. The van der Waals surface area contributed by atoms with Gasteiger partial charge in [0, 0.05) is 0 Å². The Hall–Kier alpha value is 1.51. The summed E-state index contributed by atoms with van der Waals surface area (Å²) in [5, 5.41) is 0. The molecule has 0 rings (SSSR count). The van der Waals surface area contributed by atoms with Crippen LogP contribution in [-0.4, -0.2) is 7.08 Å². The summed E-state index contributed by atoms with van der Waals surface area (Å²) in [6, 6.07) is 0. The molecular weight excluding hydrogens is 133 g/mol. The zero-order chi connectivity index (χ0) is 4.50. The molecule has 3 atom stereocenters. The summed E-state index contributed by atoms with van der Waals surface area (Å²) >= 11 is 0. The molecule has 0 aliphatic carbocycles. The summed E-state index contributed by atoms with van der Waals surface area (Å²) in [5.41, 5.74) is 0. The molecule has 0 aromatic carbocycles. The van der Waals surface area contributed by atoms with E-state index in [1.807, 2.05) is 0 Å². The lowest BCUT2D eigenvalue weighted by atomic mass is 11.9. The zero-order valence-electron chi connectivity index (χ0n) is 3.23. The third-order valence-corrected chi connectivity index (χ3v) is 0. The van der Waals surface area contributed by atoms with E-state index >= 15 is 0 Å². The molecule has 0 N–H and O–H groups in total. The Morgan fingerprint density at radius 1 is 1.20 bits per heavy atom. The van der Waals surface area contributed by atoms with E-state index in [1.165, 1.54) is 0 Å². The molecular formula is CH9P3Si. The molecule has 0 fully saturated rings. The van der Waals surface area contributed by atoms with E-state index in [0.29, 0.717) is 0 Å². The van der Waals surface area contributed by atoms with Gasteiger partial charge >= 0.3 is 0 Å². The molecule has 32 valence electrons. The van der Waals surface area contributed by atoms with Gasteiger partial charge in [-0.15, -0.1) is 26.4 Å². The van der Waals surface area contributed by atoms with E-state index in [2.05, 4.69) is 32.9 Å². The lowest BCUT2D eigenvalue weighted by Crippen LogP contribution is -1.92. The molecule has 0 nitrogen and oxygen atoms in total. The topological polar surface area (TPSA) is 0 Å². The molecule has 0 heterocycles. The quantitative estimate of drug-likeness (QED) is 0.352. The fourth-order valence-electron chi connectivity index (χ4n) is 0. The molecule has 0 radical (unpaired) electrons. The Morgan fingerprint density at radius 2 is 1.20 bits per heavy atom. The van der Waals surface area contributed by atoms with Gasteiger partial charge in [0.15, 0.2) is 0 Å². The molecule has 0 saturated carbocycles. The Labute approximate surface area is 40.7 Å². The lowest BCUT2D eigenvalue weighted by molar-refractivity contribution is 2.33. The molecule has 3 unspecified atom stereocenters. The monoisotopic (exact) mass is 142 g/mol. The molecule has 0 bridgehead atoms. The van der Waals surface area contributed by atoms with Crippen LogP contribution in [0.2, 0.25) is 6.55 Å². The maximum atomic E-state index is 2.78. The predicted molar refractivity (Wildman–Crippen MR) is 40.7 cm³/mol. The molecule has 4 heteroatoms. The van der Waals surface area contributed by atoms with Gasteiger partial charge in [-0.25, -0.2) is 0 Å². The van der Waals surface area contributed by atoms with Gasteiger partial charge in [0.25, 0.3) is 0 Å². The van der Waals surface area contributed by atoms with Crippen molar-refractivity contribution in [3.05, 3.63) is 0 Å². The molecule has 0 aromatic rings. The maximum Gasteiger partial charge on any atom is 0.112 e. The zero-order valence-corrected chi connectivity index (χ0v) is 7.70.